The van der Waals surface area contributed by atoms with Crippen LogP contribution in [0.1, 0.15) is 19.4 Å². The minimum Gasteiger partial charge on any atom is -0.308 e. The smallest absolute Gasteiger partial charge is 0.152 e. The number of aliphatic imine (C=N–C) groups is 1. The lowest BCUT2D eigenvalue weighted by Gasteiger charge is -2.07. The molecule has 1 heterocycles. The first-order valence-corrected chi connectivity index (χ1v) is 4.29. The summed E-state index contributed by atoms with van der Waals surface area (Å²) in [5.74, 6) is 5.15. The molecule has 1 aromatic rings. The summed E-state index contributed by atoms with van der Waals surface area (Å²) in [5, 5.41) is 0. The Bertz CT molecular complexity index is 335. The zero-order valence-electron chi connectivity index (χ0n) is 8.16. The van der Waals surface area contributed by atoms with Crippen molar-refractivity contribution >= 4 is 5.84 Å². The van der Waals surface area contributed by atoms with E-state index < -0.39 is 5.82 Å². The Labute approximate surface area is 82.0 Å². The number of nitrogens with two attached hydrogens (primary N) is 1. The second kappa shape index (κ2) is 4.66. The average Bonchev–Trinajstić information content (AvgIpc) is 2.15. The molecule has 0 fully saturated rings. The lowest BCUT2D eigenvalue weighted by molar-refractivity contribution is 0.617. The Kier molecular flexibility index (Phi) is 3.53. The first-order chi connectivity index (χ1) is 6.65. The monoisotopic (exact) mass is 196 g/mol. The summed E-state index contributed by atoms with van der Waals surface area (Å²) in [6, 6.07) is 1.57. The molecule has 0 saturated carbocycles. The fraction of sp³-hybridized carbons (Fsp3) is 0.333. The van der Waals surface area contributed by atoms with Gasteiger partial charge >= 0.3 is 0 Å². The molecule has 76 valence electrons. The quantitative estimate of drug-likeness (QED) is 0.319. The summed E-state index contributed by atoms with van der Waals surface area (Å²) in [5.41, 5.74) is 2.70. The first kappa shape index (κ1) is 10.6. The Morgan fingerprint density at radius 1 is 1.64 bits per heavy atom. The summed E-state index contributed by atoms with van der Waals surface area (Å²) < 4.78 is 13.2. The average molecular weight is 196 g/mol. The van der Waals surface area contributed by atoms with Crippen molar-refractivity contribution in [1.82, 2.24) is 10.4 Å². The summed E-state index contributed by atoms with van der Waals surface area (Å²) in [6.07, 6.45) is 2.62. The summed E-state index contributed by atoms with van der Waals surface area (Å²) in [4.78, 5) is 7.78. The van der Waals surface area contributed by atoms with Gasteiger partial charge in [0.25, 0.3) is 0 Å². The van der Waals surface area contributed by atoms with Crippen molar-refractivity contribution in [1.29, 1.82) is 0 Å². The van der Waals surface area contributed by atoms with Crippen LogP contribution in [0.25, 0.3) is 0 Å². The molecule has 3 N–H and O–H groups in total. The number of halogens is 1. The Hall–Kier alpha value is -1.49. The van der Waals surface area contributed by atoms with Gasteiger partial charge in [-0.1, -0.05) is 0 Å². The van der Waals surface area contributed by atoms with Crippen LogP contribution in [0.2, 0.25) is 0 Å². The molecule has 4 nitrogen and oxygen atoms in total. The number of nitrogens with one attached hydrogen (secondary N) is 1. The number of pyridine rings is 1. The van der Waals surface area contributed by atoms with E-state index in [2.05, 4.69) is 15.4 Å². The van der Waals surface area contributed by atoms with Crippen LogP contribution in [0.3, 0.4) is 0 Å². The van der Waals surface area contributed by atoms with Crippen molar-refractivity contribution in [3.63, 3.8) is 0 Å². The van der Waals surface area contributed by atoms with Gasteiger partial charge in [-0.15, -0.1) is 0 Å². The van der Waals surface area contributed by atoms with E-state index in [0.717, 1.165) is 6.20 Å². The SMILES string of the molecule is CC(C)N=C(NN)c1ccncc1F. The highest BCUT2D eigenvalue weighted by molar-refractivity contribution is 5.98. The van der Waals surface area contributed by atoms with Crippen molar-refractivity contribution < 1.29 is 4.39 Å². The topological polar surface area (TPSA) is 63.3 Å². The number of amidine groups is 1. The van der Waals surface area contributed by atoms with Crippen molar-refractivity contribution in [3.8, 4) is 0 Å². The normalized spacial score (nSPS) is 11.9. The second-order valence-corrected chi connectivity index (χ2v) is 3.07. The molecule has 0 spiro atoms. The zero-order valence-corrected chi connectivity index (χ0v) is 8.16. The minimum absolute atomic E-state index is 0.0496. The lowest BCUT2D eigenvalue weighted by atomic mass is 10.2. The van der Waals surface area contributed by atoms with Crippen LogP contribution in [0.15, 0.2) is 23.5 Å². The van der Waals surface area contributed by atoms with Crippen LogP contribution in [-0.4, -0.2) is 16.9 Å². The fourth-order valence-corrected chi connectivity index (χ4v) is 1.01. The van der Waals surface area contributed by atoms with Gasteiger partial charge < -0.3 is 5.43 Å². The predicted molar refractivity (Wildman–Crippen MR) is 53.2 cm³/mol. The molecule has 0 aliphatic heterocycles. The molecule has 1 aromatic heterocycles. The molecule has 0 unspecified atom stereocenters. The van der Waals surface area contributed by atoms with Gasteiger partial charge in [0.05, 0.1) is 11.8 Å². The standard InChI is InChI=1S/C9H13FN4/c1-6(2)13-9(14-11)7-3-4-12-5-8(7)10/h3-6H,11H2,1-2H3,(H,13,14). The van der Waals surface area contributed by atoms with Crippen LogP contribution in [-0.2, 0) is 0 Å². The van der Waals surface area contributed by atoms with Crippen molar-refractivity contribution in [2.45, 2.75) is 19.9 Å². The van der Waals surface area contributed by atoms with Crippen molar-refractivity contribution in [2.75, 3.05) is 0 Å². The van der Waals surface area contributed by atoms with Crippen molar-refractivity contribution in [2.24, 2.45) is 10.8 Å². The molecule has 1 rings (SSSR count). The molecule has 0 saturated heterocycles. The van der Waals surface area contributed by atoms with Gasteiger partial charge in [0.2, 0.25) is 0 Å². The van der Waals surface area contributed by atoms with E-state index in [1.807, 2.05) is 13.8 Å². The van der Waals surface area contributed by atoms with E-state index in [1.165, 1.54) is 12.3 Å². The number of hydrogen-bond acceptors (Lipinski definition) is 3. The number of aromatic nitrogens is 1. The maximum Gasteiger partial charge on any atom is 0.152 e. The van der Waals surface area contributed by atoms with E-state index in [-0.39, 0.29) is 6.04 Å². The zero-order chi connectivity index (χ0) is 10.6. The molecule has 0 bridgehead atoms. The van der Waals surface area contributed by atoms with Crippen LogP contribution < -0.4 is 11.3 Å². The Morgan fingerprint density at radius 2 is 2.36 bits per heavy atom. The van der Waals surface area contributed by atoms with Gasteiger partial charge in [-0.25, -0.2) is 10.2 Å². The molecule has 0 aromatic carbocycles. The highest BCUT2D eigenvalue weighted by atomic mass is 19.1. The van der Waals surface area contributed by atoms with Gasteiger partial charge in [-0.05, 0) is 19.9 Å². The molecular weight excluding hydrogens is 183 g/mol. The molecule has 0 aliphatic carbocycles. The molecule has 0 atom stereocenters. The number of hydrazine groups is 1. The maximum absolute atomic E-state index is 13.2. The second-order valence-electron chi connectivity index (χ2n) is 3.07. The fourth-order valence-electron chi connectivity index (χ4n) is 1.01. The number of rotatable bonds is 2. The number of nitrogens with zero attached hydrogens (tertiary/aromatic N) is 2. The maximum atomic E-state index is 13.2. The lowest BCUT2D eigenvalue weighted by Crippen LogP contribution is -2.32. The van der Waals surface area contributed by atoms with Gasteiger partial charge in [-0.3, -0.25) is 9.98 Å². The van der Waals surface area contributed by atoms with Gasteiger partial charge in [-0.2, -0.15) is 0 Å². The van der Waals surface area contributed by atoms with Crippen LogP contribution >= 0.6 is 0 Å². The van der Waals surface area contributed by atoms with E-state index >= 15 is 0 Å². The minimum atomic E-state index is -0.440. The molecule has 0 amide bonds. The largest absolute Gasteiger partial charge is 0.308 e. The summed E-state index contributed by atoms with van der Waals surface area (Å²) in [6.45, 7) is 3.77. The van der Waals surface area contributed by atoms with Crippen LogP contribution in [0, 0.1) is 5.82 Å². The molecule has 14 heavy (non-hydrogen) atoms. The summed E-state index contributed by atoms with van der Waals surface area (Å²) in [7, 11) is 0. The van der Waals surface area contributed by atoms with Gasteiger partial charge in [0.1, 0.15) is 5.84 Å². The van der Waals surface area contributed by atoms with Gasteiger partial charge in [0.15, 0.2) is 5.82 Å². The third kappa shape index (κ3) is 2.50. The number of hydrogen-bond donors (Lipinski definition) is 2. The highest BCUT2D eigenvalue weighted by Crippen LogP contribution is 2.05. The third-order valence-electron chi connectivity index (χ3n) is 1.55. The predicted octanol–water partition coefficient (Wildman–Crippen LogP) is 0.839. The van der Waals surface area contributed by atoms with E-state index in [1.54, 1.807) is 0 Å². The van der Waals surface area contributed by atoms with Gasteiger partial charge in [0, 0.05) is 12.2 Å². The highest BCUT2D eigenvalue weighted by Gasteiger charge is 2.08. The summed E-state index contributed by atoms with van der Waals surface area (Å²) >= 11 is 0. The molecule has 5 heteroatoms. The molecule has 0 aliphatic rings. The molecular formula is C9H13FN4. The van der Waals surface area contributed by atoms with Crippen LogP contribution in [0.5, 0.6) is 0 Å². The van der Waals surface area contributed by atoms with Crippen molar-refractivity contribution in [3.05, 3.63) is 29.8 Å². The van der Waals surface area contributed by atoms with E-state index in [9.17, 15) is 4.39 Å². The third-order valence-corrected chi connectivity index (χ3v) is 1.55. The Balaban J connectivity index is 3.07. The first-order valence-electron chi connectivity index (χ1n) is 4.29. The van der Waals surface area contributed by atoms with E-state index in [0.29, 0.717) is 11.4 Å². The van der Waals surface area contributed by atoms with E-state index in [4.69, 9.17) is 5.84 Å². The Morgan fingerprint density at radius 3 is 2.86 bits per heavy atom. The molecule has 0 radical (unpaired) electrons. The van der Waals surface area contributed by atoms with Crippen LogP contribution in [0.4, 0.5) is 4.39 Å².